The molecule has 2 fully saturated rings. The fraction of sp³-hybridized carbons (Fsp3) is 0.478. The molecule has 2 aliphatic heterocycles. The molecule has 156 valence electrons. The number of aliphatic hydroxyl groups excluding tert-OH is 1. The van der Waals surface area contributed by atoms with Gasteiger partial charge < -0.3 is 5.11 Å². The number of sulfonamides is 1. The molecule has 2 heterocycles. The van der Waals surface area contributed by atoms with Crippen LogP contribution >= 0.6 is 0 Å². The number of nitrogens with zero attached hydrogens (tertiary/aromatic N) is 2. The van der Waals surface area contributed by atoms with Crippen molar-refractivity contribution >= 4 is 10.0 Å². The summed E-state index contributed by atoms with van der Waals surface area (Å²) >= 11 is 0. The number of aliphatic hydroxyl groups is 1. The van der Waals surface area contributed by atoms with Gasteiger partial charge in [0.1, 0.15) is 0 Å². The molecule has 2 aromatic rings. The Hall–Kier alpha value is -1.73. The van der Waals surface area contributed by atoms with Gasteiger partial charge in [0.15, 0.2) is 0 Å². The Morgan fingerprint density at radius 3 is 2.28 bits per heavy atom. The summed E-state index contributed by atoms with van der Waals surface area (Å²) in [6.45, 7) is 3.85. The number of rotatable bonds is 5. The van der Waals surface area contributed by atoms with E-state index in [1.54, 1.807) is 11.2 Å². The Balaban J connectivity index is 1.60. The fourth-order valence-corrected chi connectivity index (χ4v) is 6.02. The summed E-state index contributed by atoms with van der Waals surface area (Å²) in [6.07, 6.45) is 1.83. The SMILES string of the molecule is CCS(=O)(=O)N1CCCCN2[C@H](CO)[C@H](c3ccc(-c4ccccc4)cc3)[C@@H]2C1. The van der Waals surface area contributed by atoms with E-state index in [4.69, 9.17) is 0 Å². The van der Waals surface area contributed by atoms with Crippen molar-refractivity contribution in [3.63, 3.8) is 0 Å². The molecule has 0 radical (unpaired) electrons. The first-order valence-electron chi connectivity index (χ1n) is 10.5. The van der Waals surface area contributed by atoms with Crippen molar-refractivity contribution < 1.29 is 13.5 Å². The highest BCUT2D eigenvalue weighted by molar-refractivity contribution is 7.89. The van der Waals surface area contributed by atoms with Gasteiger partial charge in [-0.05, 0) is 43.0 Å². The number of fused-ring (bicyclic) bond motifs is 1. The molecular weight excluding hydrogens is 384 g/mol. The van der Waals surface area contributed by atoms with E-state index in [9.17, 15) is 13.5 Å². The van der Waals surface area contributed by atoms with Crippen LogP contribution in [0.4, 0.5) is 0 Å². The Morgan fingerprint density at radius 1 is 0.966 bits per heavy atom. The lowest BCUT2D eigenvalue weighted by Gasteiger charge is -2.57. The van der Waals surface area contributed by atoms with Crippen LogP contribution < -0.4 is 0 Å². The third kappa shape index (κ3) is 3.99. The second kappa shape index (κ2) is 8.56. The van der Waals surface area contributed by atoms with Crippen molar-refractivity contribution in [1.82, 2.24) is 9.21 Å². The Labute approximate surface area is 174 Å². The summed E-state index contributed by atoms with van der Waals surface area (Å²) in [5, 5.41) is 10.0. The minimum Gasteiger partial charge on any atom is -0.395 e. The van der Waals surface area contributed by atoms with Crippen LogP contribution in [0, 0.1) is 0 Å². The second-order valence-corrected chi connectivity index (χ2v) is 10.3. The normalized spacial score (nSPS) is 26.2. The predicted molar refractivity (Wildman–Crippen MR) is 116 cm³/mol. The van der Waals surface area contributed by atoms with Crippen LogP contribution in [0.5, 0.6) is 0 Å². The van der Waals surface area contributed by atoms with Gasteiger partial charge in [0, 0.05) is 31.1 Å². The van der Waals surface area contributed by atoms with E-state index in [1.165, 1.54) is 16.7 Å². The highest BCUT2D eigenvalue weighted by Gasteiger charge is 2.49. The first-order chi connectivity index (χ1) is 14.0. The van der Waals surface area contributed by atoms with Crippen molar-refractivity contribution in [3.05, 3.63) is 60.2 Å². The molecule has 0 amide bonds. The van der Waals surface area contributed by atoms with Crippen LogP contribution in [0.2, 0.25) is 0 Å². The minimum atomic E-state index is -3.21. The lowest BCUT2D eigenvalue weighted by Crippen LogP contribution is -2.67. The molecule has 0 aliphatic carbocycles. The molecule has 3 atom stereocenters. The van der Waals surface area contributed by atoms with Gasteiger partial charge in [-0.1, -0.05) is 54.6 Å². The molecule has 6 heteroatoms. The summed E-state index contributed by atoms with van der Waals surface area (Å²) in [4.78, 5) is 2.31. The summed E-state index contributed by atoms with van der Waals surface area (Å²) < 4.78 is 26.8. The maximum absolute atomic E-state index is 12.5. The van der Waals surface area contributed by atoms with E-state index in [-0.39, 0.29) is 30.4 Å². The third-order valence-electron chi connectivity index (χ3n) is 6.49. The van der Waals surface area contributed by atoms with Gasteiger partial charge in [0.2, 0.25) is 10.0 Å². The largest absolute Gasteiger partial charge is 0.395 e. The molecule has 2 aromatic carbocycles. The van der Waals surface area contributed by atoms with E-state index in [0.29, 0.717) is 13.1 Å². The van der Waals surface area contributed by atoms with Gasteiger partial charge in [-0.25, -0.2) is 12.7 Å². The Bertz CT molecular complexity index is 915. The van der Waals surface area contributed by atoms with E-state index < -0.39 is 10.0 Å². The van der Waals surface area contributed by atoms with Gasteiger partial charge in [-0.15, -0.1) is 0 Å². The molecule has 0 unspecified atom stereocenters. The van der Waals surface area contributed by atoms with Crippen LogP contribution in [-0.4, -0.2) is 66.8 Å². The maximum atomic E-state index is 12.5. The smallest absolute Gasteiger partial charge is 0.213 e. The number of benzene rings is 2. The molecule has 0 saturated carbocycles. The average molecular weight is 415 g/mol. The van der Waals surface area contributed by atoms with E-state index in [1.807, 2.05) is 18.2 Å². The van der Waals surface area contributed by atoms with Crippen molar-refractivity contribution in [3.8, 4) is 11.1 Å². The molecule has 1 N–H and O–H groups in total. The summed E-state index contributed by atoms with van der Waals surface area (Å²) in [5.41, 5.74) is 3.53. The Morgan fingerprint density at radius 2 is 1.62 bits per heavy atom. The van der Waals surface area contributed by atoms with Crippen LogP contribution in [0.3, 0.4) is 0 Å². The van der Waals surface area contributed by atoms with Crippen LogP contribution in [0.1, 0.15) is 31.2 Å². The van der Waals surface area contributed by atoms with Crippen LogP contribution in [-0.2, 0) is 10.0 Å². The zero-order valence-electron chi connectivity index (χ0n) is 16.9. The van der Waals surface area contributed by atoms with Crippen molar-refractivity contribution in [1.29, 1.82) is 0 Å². The van der Waals surface area contributed by atoms with E-state index >= 15 is 0 Å². The molecule has 2 aliphatic rings. The first kappa shape index (κ1) is 20.5. The molecule has 0 bridgehead atoms. The van der Waals surface area contributed by atoms with Crippen LogP contribution in [0.25, 0.3) is 11.1 Å². The number of hydrogen-bond acceptors (Lipinski definition) is 4. The van der Waals surface area contributed by atoms with Gasteiger partial charge >= 0.3 is 0 Å². The van der Waals surface area contributed by atoms with Crippen molar-refractivity contribution in [2.24, 2.45) is 0 Å². The Kier molecular flexibility index (Phi) is 6.06. The molecule has 0 spiro atoms. The monoisotopic (exact) mass is 414 g/mol. The summed E-state index contributed by atoms with van der Waals surface area (Å²) in [6, 6.07) is 19.0. The topological polar surface area (TPSA) is 60.9 Å². The lowest BCUT2D eigenvalue weighted by atomic mass is 9.74. The minimum absolute atomic E-state index is 0.0619. The highest BCUT2D eigenvalue weighted by Crippen LogP contribution is 2.42. The van der Waals surface area contributed by atoms with Crippen LogP contribution in [0.15, 0.2) is 54.6 Å². The highest BCUT2D eigenvalue weighted by atomic mass is 32.2. The molecule has 29 heavy (non-hydrogen) atoms. The van der Waals surface area contributed by atoms with Crippen molar-refractivity contribution in [2.75, 3.05) is 32.0 Å². The molecule has 4 rings (SSSR count). The van der Waals surface area contributed by atoms with E-state index in [2.05, 4.69) is 41.3 Å². The van der Waals surface area contributed by atoms with E-state index in [0.717, 1.165) is 19.4 Å². The van der Waals surface area contributed by atoms with Gasteiger partial charge in [-0.2, -0.15) is 0 Å². The zero-order chi connectivity index (χ0) is 20.4. The van der Waals surface area contributed by atoms with Gasteiger partial charge in [0.25, 0.3) is 0 Å². The summed E-state index contributed by atoms with van der Waals surface area (Å²) in [7, 11) is -3.21. The van der Waals surface area contributed by atoms with Gasteiger partial charge in [0.05, 0.1) is 12.4 Å². The summed E-state index contributed by atoms with van der Waals surface area (Å²) in [5.74, 6) is 0.289. The molecule has 2 saturated heterocycles. The molecule has 5 nitrogen and oxygen atoms in total. The molecule has 0 aromatic heterocycles. The fourth-order valence-electron chi connectivity index (χ4n) is 4.87. The predicted octanol–water partition coefficient (Wildman–Crippen LogP) is 2.93. The standard InChI is InChI=1S/C23H30N2O3S/c1-2-29(27,28)24-14-6-7-15-25-21(16-24)23(22(25)17-26)20-12-10-19(11-13-20)18-8-4-3-5-9-18/h3-5,8-13,21-23,26H,2,6-7,14-17H2,1H3/t21-,22+,23+/m0/s1. The quantitative estimate of drug-likeness (QED) is 0.817. The van der Waals surface area contributed by atoms with Crippen molar-refractivity contribution in [2.45, 2.75) is 37.8 Å². The first-order valence-corrected chi connectivity index (χ1v) is 12.2. The average Bonchev–Trinajstić information content (AvgIpc) is 2.73. The lowest BCUT2D eigenvalue weighted by molar-refractivity contribution is -0.0553. The maximum Gasteiger partial charge on any atom is 0.213 e. The van der Waals surface area contributed by atoms with Gasteiger partial charge in [-0.3, -0.25) is 4.90 Å². The zero-order valence-corrected chi connectivity index (χ0v) is 17.8. The third-order valence-corrected chi connectivity index (χ3v) is 8.34. The number of hydrogen-bond donors (Lipinski definition) is 1. The molecular formula is C23H30N2O3S. The second-order valence-electron chi connectivity index (χ2n) is 8.03.